The number of terminal acetylenes is 1. The van der Waals surface area contributed by atoms with Crippen LogP contribution in [0.1, 0.15) is 11.1 Å². The van der Waals surface area contributed by atoms with Crippen LogP contribution in [0.3, 0.4) is 0 Å². The molecule has 0 spiro atoms. The highest BCUT2D eigenvalue weighted by Crippen LogP contribution is 2.12. The third-order valence-corrected chi connectivity index (χ3v) is 4.60. The minimum absolute atomic E-state index is 0.224. The van der Waals surface area contributed by atoms with Gasteiger partial charge in [0.05, 0.1) is 10.9 Å². The highest BCUT2D eigenvalue weighted by Gasteiger charge is 2.18. The monoisotopic (exact) mass is 299 g/mol. The second-order valence-electron chi connectivity index (χ2n) is 4.84. The van der Waals surface area contributed by atoms with Gasteiger partial charge >= 0.3 is 0 Å². The van der Waals surface area contributed by atoms with Gasteiger partial charge in [0.1, 0.15) is 0 Å². The predicted octanol–water partition coefficient (Wildman–Crippen LogP) is 2.52. The normalized spacial score (nSPS) is 12.6. The van der Waals surface area contributed by atoms with Gasteiger partial charge in [-0.05, 0) is 31.0 Å². The lowest BCUT2D eigenvalue weighted by Gasteiger charge is -2.14. The molecule has 2 rings (SSSR count). The van der Waals surface area contributed by atoms with Crippen molar-refractivity contribution in [2.45, 2.75) is 24.3 Å². The molecule has 0 saturated carbocycles. The minimum atomic E-state index is -3.60. The summed E-state index contributed by atoms with van der Waals surface area (Å²) in [6.45, 7) is 1.91. The molecular formula is C17H17NO2S. The molecule has 21 heavy (non-hydrogen) atoms. The van der Waals surface area contributed by atoms with Gasteiger partial charge in [0.25, 0.3) is 0 Å². The molecule has 0 unspecified atom stereocenters. The number of rotatable bonds is 5. The van der Waals surface area contributed by atoms with Crippen molar-refractivity contribution in [3.05, 3.63) is 65.7 Å². The Morgan fingerprint density at radius 1 is 1.10 bits per heavy atom. The SMILES string of the molecule is C#C[C@H](Cc1ccccc1)NS(=O)(=O)c1ccc(C)cc1. The molecule has 0 saturated heterocycles. The quantitative estimate of drug-likeness (QED) is 0.862. The van der Waals surface area contributed by atoms with Gasteiger partial charge in [0.15, 0.2) is 0 Å². The zero-order valence-corrected chi connectivity index (χ0v) is 12.6. The molecule has 0 fully saturated rings. The first kappa shape index (κ1) is 15.3. The highest BCUT2D eigenvalue weighted by molar-refractivity contribution is 7.89. The van der Waals surface area contributed by atoms with E-state index in [1.807, 2.05) is 37.3 Å². The molecule has 0 heterocycles. The molecule has 0 radical (unpaired) electrons. The molecule has 0 aliphatic carbocycles. The Bertz CT molecular complexity index is 729. The van der Waals surface area contributed by atoms with Gasteiger partial charge in [0.2, 0.25) is 10.0 Å². The van der Waals surface area contributed by atoms with Crippen LogP contribution in [0.5, 0.6) is 0 Å². The summed E-state index contributed by atoms with van der Waals surface area (Å²) in [7, 11) is -3.60. The molecule has 1 N–H and O–H groups in total. The maximum absolute atomic E-state index is 12.3. The summed E-state index contributed by atoms with van der Waals surface area (Å²) in [4.78, 5) is 0.224. The summed E-state index contributed by atoms with van der Waals surface area (Å²) in [5, 5.41) is 0. The Morgan fingerprint density at radius 3 is 2.29 bits per heavy atom. The molecule has 0 aliphatic heterocycles. The lowest BCUT2D eigenvalue weighted by Crippen LogP contribution is -2.35. The van der Waals surface area contributed by atoms with E-state index in [1.165, 1.54) is 0 Å². The molecule has 0 bridgehead atoms. The second kappa shape index (κ2) is 6.57. The molecule has 2 aromatic carbocycles. The van der Waals surface area contributed by atoms with Crippen LogP contribution in [0.15, 0.2) is 59.5 Å². The Morgan fingerprint density at radius 2 is 1.71 bits per heavy atom. The smallest absolute Gasteiger partial charge is 0.207 e. The van der Waals surface area contributed by atoms with E-state index in [9.17, 15) is 8.42 Å². The third-order valence-electron chi connectivity index (χ3n) is 3.11. The summed E-state index contributed by atoms with van der Waals surface area (Å²) in [5.74, 6) is 2.50. The first-order valence-corrected chi connectivity index (χ1v) is 8.08. The standard InChI is InChI=1S/C17H17NO2S/c1-3-16(13-15-7-5-4-6-8-15)18-21(19,20)17-11-9-14(2)10-12-17/h1,4-12,16,18H,13H2,2H3/t16-/m1/s1. The fourth-order valence-corrected chi connectivity index (χ4v) is 3.11. The lowest BCUT2D eigenvalue weighted by molar-refractivity contribution is 0.572. The Kier molecular flexibility index (Phi) is 4.79. The van der Waals surface area contributed by atoms with Crippen LogP contribution in [0, 0.1) is 19.3 Å². The van der Waals surface area contributed by atoms with Crippen LogP contribution in [0.25, 0.3) is 0 Å². The Labute approximate surface area is 126 Å². The van der Waals surface area contributed by atoms with Crippen LogP contribution >= 0.6 is 0 Å². The van der Waals surface area contributed by atoms with Crippen LogP contribution in [-0.4, -0.2) is 14.5 Å². The predicted molar refractivity (Wildman–Crippen MR) is 84.3 cm³/mol. The number of hydrogen-bond donors (Lipinski definition) is 1. The van der Waals surface area contributed by atoms with Gasteiger partial charge in [-0.15, -0.1) is 6.42 Å². The first-order valence-electron chi connectivity index (χ1n) is 6.60. The topological polar surface area (TPSA) is 46.2 Å². The molecule has 0 aromatic heterocycles. The van der Waals surface area contributed by atoms with Gasteiger partial charge in [0, 0.05) is 0 Å². The van der Waals surface area contributed by atoms with Gasteiger partial charge in [-0.2, -0.15) is 4.72 Å². The van der Waals surface area contributed by atoms with Crippen molar-refractivity contribution in [1.29, 1.82) is 0 Å². The lowest BCUT2D eigenvalue weighted by atomic mass is 10.1. The van der Waals surface area contributed by atoms with Gasteiger partial charge in [-0.1, -0.05) is 53.9 Å². The molecule has 4 heteroatoms. The highest BCUT2D eigenvalue weighted by atomic mass is 32.2. The maximum atomic E-state index is 12.3. The minimum Gasteiger partial charge on any atom is -0.207 e. The van der Waals surface area contributed by atoms with E-state index in [-0.39, 0.29) is 4.90 Å². The largest absolute Gasteiger partial charge is 0.241 e. The van der Waals surface area contributed by atoms with E-state index in [1.54, 1.807) is 24.3 Å². The summed E-state index contributed by atoms with van der Waals surface area (Å²) < 4.78 is 27.2. The Balaban J connectivity index is 2.14. The van der Waals surface area contributed by atoms with E-state index >= 15 is 0 Å². The molecular weight excluding hydrogens is 282 g/mol. The van der Waals surface area contributed by atoms with Crippen molar-refractivity contribution in [2.24, 2.45) is 0 Å². The van der Waals surface area contributed by atoms with Crippen molar-refractivity contribution in [3.8, 4) is 12.3 Å². The average Bonchev–Trinajstić information content (AvgIpc) is 2.48. The van der Waals surface area contributed by atoms with Crippen molar-refractivity contribution < 1.29 is 8.42 Å². The van der Waals surface area contributed by atoms with Crippen molar-refractivity contribution in [3.63, 3.8) is 0 Å². The van der Waals surface area contributed by atoms with Gasteiger partial charge in [-0.25, -0.2) is 8.42 Å². The Hall–Kier alpha value is -2.09. The molecule has 1 atom stereocenters. The third kappa shape index (κ3) is 4.19. The number of benzene rings is 2. The van der Waals surface area contributed by atoms with E-state index < -0.39 is 16.1 Å². The van der Waals surface area contributed by atoms with Crippen LogP contribution in [-0.2, 0) is 16.4 Å². The zero-order valence-electron chi connectivity index (χ0n) is 11.8. The van der Waals surface area contributed by atoms with Gasteiger partial charge in [-0.3, -0.25) is 0 Å². The summed E-state index contributed by atoms with van der Waals surface area (Å²) in [6, 6.07) is 15.7. The molecule has 2 aromatic rings. The number of hydrogen-bond acceptors (Lipinski definition) is 2. The summed E-state index contributed by atoms with van der Waals surface area (Å²) in [5.41, 5.74) is 2.00. The molecule has 0 amide bonds. The second-order valence-corrected chi connectivity index (χ2v) is 6.56. The van der Waals surface area contributed by atoms with Gasteiger partial charge < -0.3 is 0 Å². The van der Waals surface area contributed by atoms with E-state index in [0.29, 0.717) is 6.42 Å². The number of sulfonamides is 1. The van der Waals surface area contributed by atoms with Crippen molar-refractivity contribution in [1.82, 2.24) is 4.72 Å². The first-order chi connectivity index (χ1) is 10.0. The fraction of sp³-hybridized carbons (Fsp3) is 0.176. The molecule has 108 valence electrons. The number of nitrogens with one attached hydrogen (secondary N) is 1. The zero-order chi connectivity index (χ0) is 15.3. The maximum Gasteiger partial charge on any atom is 0.241 e. The van der Waals surface area contributed by atoms with Crippen molar-refractivity contribution >= 4 is 10.0 Å². The number of aryl methyl sites for hydroxylation is 1. The average molecular weight is 299 g/mol. The molecule has 0 aliphatic rings. The van der Waals surface area contributed by atoms with E-state index in [0.717, 1.165) is 11.1 Å². The van der Waals surface area contributed by atoms with Crippen LogP contribution in [0.2, 0.25) is 0 Å². The van der Waals surface area contributed by atoms with Crippen LogP contribution in [0.4, 0.5) is 0 Å². The van der Waals surface area contributed by atoms with E-state index in [2.05, 4.69) is 10.6 Å². The summed E-state index contributed by atoms with van der Waals surface area (Å²) in [6.07, 6.45) is 5.91. The summed E-state index contributed by atoms with van der Waals surface area (Å²) >= 11 is 0. The molecule has 3 nitrogen and oxygen atoms in total. The van der Waals surface area contributed by atoms with Crippen LogP contribution < -0.4 is 4.72 Å². The van der Waals surface area contributed by atoms with E-state index in [4.69, 9.17) is 6.42 Å². The fourth-order valence-electron chi connectivity index (χ4n) is 1.96. The van der Waals surface area contributed by atoms with Crippen molar-refractivity contribution in [2.75, 3.05) is 0 Å².